The molecule has 0 atom stereocenters. The van der Waals surface area contributed by atoms with Crippen molar-refractivity contribution in [3.8, 4) is 0 Å². The van der Waals surface area contributed by atoms with E-state index in [0.29, 0.717) is 0 Å². The fraction of sp³-hybridized carbons (Fsp3) is 0.222. The molecule has 0 aliphatic heterocycles. The average Bonchev–Trinajstić information content (AvgIpc) is 2.57. The van der Waals surface area contributed by atoms with Crippen LogP contribution in [0.2, 0.25) is 0 Å². The Morgan fingerprint density at radius 1 is 1.85 bits per heavy atom. The number of nitrogens with one attached hydrogen (secondary N) is 1. The molecule has 0 bridgehead atoms. The summed E-state index contributed by atoms with van der Waals surface area (Å²) in [5.41, 5.74) is 1.05. The highest BCUT2D eigenvalue weighted by atomic mass is 32.1. The molecule has 4 heteroatoms. The second kappa shape index (κ2) is 4.99. The first-order valence-electron chi connectivity index (χ1n) is 3.89. The topological polar surface area (TPSA) is 15.3 Å². The van der Waals surface area contributed by atoms with Gasteiger partial charge in [-0.05, 0) is 23.7 Å². The number of nitrogens with zero attached hydrogens (tertiary/aromatic N) is 1. The van der Waals surface area contributed by atoms with Crippen molar-refractivity contribution in [2.75, 3.05) is 18.9 Å². The van der Waals surface area contributed by atoms with Crippen LogP contribution in [0.5, 0.6) is 0 Å². The van der Waals surface area contributed by atoms with Crippen LogP contribution in [0, 0.1) is 0 Å². The number of hydrogen-bond donors (Lipinski definition) is 1. The van der Waals surface area contributed by atoms with Crippen molar-refractivity contribution >= 4 is 34.4 Å². The van der Waals surface area contributed by atoms with Gasteiger partial charge in [0.15, 0.2) is 5.11 Å². The number of hydrogen-bond acceptors (Lipinski definition) is 2. The van der Waals surface area contributed by atoms with Crippen LogP contribution in [0.4, 0.5) is 5.69 Å². The van der Waals surface area contributed by atoms with Crippen LogP contribution < -0.4 is 5.32 Å². The summed E-state index contributed by atoms with van der Waals surface area (Å²) in [6.45, 7) is 4.41. The van der Waals surface area contributed by atoms with E-state index in [1.165, 1.54) is 0 Å². The first-order chi connectivity index (χ1) is 6.24. The second-order valence-corrected chi connectivity index (χ2v) is 3.78. The fourth-order valence-corrected chi connectivity index (χ4v) is 1.61. The summed E-state index contributed by atoms with van der Waals surface area (Å²) < 4.78 is 0. The van der Waals surface area contributed by atoms with Gasteiger partial charge in [-0.3, -0.25) is 0 Å². The molecule has 0 fully saturated rings. The lowest BCUT2D eigenvalue weighted by Gasteiger charge is -2.18. The SMILES string of the molecule is C=CCN(C)C(=S)Nc1ccsc1. The summed E-state index contributed by atoms with van der Waals surface area (Å²) in [5.74, 6) is 0. The Bertz CT molecular complexity index is 280. The molecule has 13 heavy (non-hydrogen) atoms. The molecule has 0 unspecified atom stereocenters. The van der Waals surface area contributed by atoms with Gasteiger partial charge in [-0.2, -0.15) is 11.3 Å². The molecule has 1 aromatic rings. The Hall–Kier alpha value is -0.870. The fourth-order valence-electron chi connectivity index (χ4n) is 0.831. The lowest BCUT2D eigenvalue weighted by Crippen LogP contribution is -2.30. The number of thiocarbonyl (C=S) groups is 1. The van der Waals surface area contributed by atoms with E-state index in [2.05, 4.69) is 11.9 Å². The molecule has 1 rings (SSSR count). The maximum absolute atomic E-state index is 5.16. The first kappa shape index (κ1) is 10.2. The van der Waals surface area contributed by atoms with E-state index in [-0.39, 0.29) is 0 Å². The summed E-state index contributed by atoms with van der Waals surface area (Å²) in [7, 11) is 1.93. The molecule has 1 aromatic heterocycles. The van der Waals surface area contributed by atoms with Gasteiger partial charge in [-0.15, -0.1) is 6.58 Å². The van der Waals surface area contributed by atoms with Gasteiger partial charge in [0.25, 0.3) is 0 Å². The highest BCUT2D eigenvalue weighted by Gasteiger charge is 2.01. The second-order valence-electron chi connectivity index (χ2n) is 2.61. The van der Waals surface area contributed by atoms with Gasteiger partial charge in [0.05, 0.1) is 5.69 Å². The zero-order valence-corrected chi connectivity index (χ0v) is 9.12. The molecule has 0 amide bonds. The zero-order chi connectivity index (χ0) is 9.68. The largest absolute Gasteiger partial charge is 0.348 e. The van der Waals surface area contributed by atoms with E-state index in [0.717, 1.165) is 17.3 Å². The van der Waals surface area contributed by atoms with E-state index in [1.807, 2.05) is 34.9 Å². The van der Waals surface area contributed by atoms with Crippen LogP contribution in [0.15, 0.2) is 29.5 Å². The standard InChI is InChI=1S/C9H12N2S2/c1-3-5-11(2)9(12)10-8-4-6-13-7-8/h3-4,6-7H,1,5H2,2H3,(H,10,12). The lowest BCUT2D eigenvalue weighted by atomic mass is 10.5. The minimum absolute atomic E-state index is 0.721. The molecule has 0 radical (unpaired) electrons. The Morgan fingerprint density at radius 2 is 2.62 bits per heavy atom. The van der Waals surface area contributed by atoms with Crippen molar-refractivity contribution < 1.29 is 0 Å². The van der Waals surface area contributed by atoms with Gasteiger partial charge < -0.3 is 10.2 Å². The van der Waals surface area contributed by atoms with Crippen molar-refractivity contribution in [2.45, 2.75) is 0 Å². The Balaban J connectivity index is 2.45. The average molecular weight is 212 g/mol. The molecule has 2 nitrogen and oxygen atoms in total. The van der Waals surface area contributed by atoms with Crippen LogP contribution in [-0.2, 0) is 0 Å². The predicted molar refractivity (Wildman–Crippen MR) is 63.4 cm³/mol. The highest BCUT2D eigenvalue weighted by Crippen LogP contribution is 2.12. The molecule has 0 spiro atoms. The van der Waals surface area contributed by atoms with E-state index in [1.54, 1.807) is 11.3 Å². The monoisotopic (exact) mass is 212 g/mol. The van der Waals surface area contributed by atoms with Crippen molar-refractivity contribution in [1.82, 2.24) is 4.90 Å². The molecule has 1 heterocycles. The first-order valence-corrected chi connectivity index (χ1v) is 5.24. The lowest BCUT2D eigenvalue weighted by molar-refractivity contribution is 0.574. The Morgan fingerprint density at radius 3 is 3.15 bits per heavy atom. The van der Waals surface area contributed by atoms with Crippen molar-refractivity contribution in [2.24, 2.45) is 0 Å². The van der Waals surface area contributed by atoms with Crippen molar-refractivity contribution in [3.63, 3.8) is 0 Å². The maximum atomic E-state index is 5.16. The minimum atomic E-state index is 0.721. The Labute approximate surface area is 87.9 Å². The third-order valence-corrected chi connectivity index (χ3v) is 2.62. The molecule has 0 saturated carbocycles. The smallest absolute Gasteiger partial charge is 0.173 e. The van der Waals surface area contributed by atoms with Gasteiger partial charge in [-0.1, -0.05) is 6.08 Å². The van der Waals surface area contributed by atoms with Crippen LogP contribution in [0.25, 0.3) is 0 Å². The van der Waals surface area contributed by atoms with Crippen molar-refractivity contribution in [3.05, 3.63) is 29.5 Å². The van der Waals surface area contributed by atoms with Gasteiger partial charge in [-0.25, -0.2) is 0 Å². The number of anilines is 1. The van der Waals surface area contributed by atoms with Crippen LogP contribution in [0.3, 0.4) is 0 Å². The van der Waals surface area contributed by atoms with Gasteiger partial charge >= 0.3 is 0 Å². The highest BCUT2D eigenvalue weighted by molar-refractivity contribution is 7.80. The van der Waals surface area contributed by atoms with Crippen molar-refractivity contribution in [1.29, 1.82) is 0 Å². The normalized spacial score (nSPS) is 9.31. The molecule has 0 aliphatic rings. The molecule has 70 valence electrons. The van der Waals surface area contributed by atoms with Gasteiger partial charge in [0.2, 0.25) is 0 Å². The zero-order valence-electron chi connectivity index (χ0n) is 7.49. The van der Waals surface area contributed by atoms with Gasteiger partial charge in [0.1, 0.15) is 0 Å². The summed E-state index contributed by atoms with van der Waals surface area (Å²) in [6.07, 6.45) is 1.82. The Kier molecular flexibility index (Phi) is 3.92. The minimum Gasteiger partial charge on any atom is -0.348 e. The number of rotatable bonds is 3. The van der Waals surface area contributed by atoms with Gasteiger partial charge in [0, 0.05) is 19.0 Å². The third kappa shape index (κ3) is 3.16. The van der Waals surface area contributed by atoms with E-state index < -0.39 is 0 Å². The molecular weight excluding hydrogens is 200 g/mol. The molecule has 0 saturated heterocycles. The molecular formula is C9H12N2S2. The van der Waals surface area contributed by atoms with E-state index in [9.17, 15) is 0 Å². The van der Waals surface area contributed by atoms with E-state index in [4.69, 9.17) is 12.2 Å². The van der Waals surface area contributed by atoms with Crippen LogP contribution in [0.1, 0.15) is 0 Å². The summed E-state index contributed by atoms with van der Waals surface area (Å²) in [4.78, 5) is 1.93. The third-order valence-electron chi connectivity index (χ3n) is 1.52. The summed E-state index contributed by atoms with van der Waals surface area (Å²) in [6, 6.07) is 2.00. The summed E-state index contributed by atoms with van der Waals surface area (Å²) in [5, 5.41) is 7.88. The molecule has 1 N–H and O–H groups in total. The van der Waals surface area contributed by atoms with E-state index >= 15 is 0 Å². The quantitative estimate of drug-likeness (QED) is 0.612. The summed E-state index contributed by atoms with van der Waals surface area (Å²) >= 11 is 6.81. The maximum Gasteiger partial charge on any atom is 0.173 e. The number of thiophene rings is 1. The number of likely N-dealkylation sites (N-methyl/N-ethyl adjacent to an activating group) is 1. The van der Waals surface area contributed by atoms with Crippen LogP contribution >= 0.6 is 23.6 Å². The molecule has 0 aromatic carbocycles. The van der Waals surface area contributed by atoms with Crippen LogP contribution in [-0.4, -0.2) is 23.6 Å². The predicted octanol–water partition coefficient (Wildman–Crippen LogP) is 2.56. The molecule has 0 aliphatic carbocycles.